The Kier molecular flexibility index (Phi) is 12.2. The predicted molar refractivity (Wildman–Crippen MR) is 79.1 cm³/mol. The van der Waals surface area contributed by atoms with Gasteiger partial charge < -0.3 is 10.2 Å². The second-order valence-electron chi connectivity index (χ2n) is 4.52. The van der Waals surface area contributed by atoms with Crippen LogP contribution in [0.2, 0.25) is 0 Å². The molecular formula is C16H26O3. The largest absolute Gasteiger partial charge is 0.481 e. The van der Waals surface area contributed by atoms with Crippen LogP contribution in [0.5, 0.6) is 0 Å². The Morgan fingerprint density at radius 2 is 1.89 bits per heavy atom. The fourth-order valence-corrected chi connectivity index (χ4v) is 1.52. The van der Waals surface area contributed by atoms with Crippen LogP contribution in [0.3, 0.4) is 0 Å². The van der Waals surface area contributed by atoms with E-state index < -0.39 is 12.1 Å². The molecular weight excluding hydrogens is 240 g/mol. The normalized spacial score (nSPS) is 13.8. The van der Waals surface area contributed by atoms with Crippen molar-refractivity contribution in [2.75, 3.05) is 0 Å². The number of unbranched alkanes of at least 4 members (excludes halogenated alkanes) is 3. The van der Waals surface area contributed by atoms with Crippen LogP contribution in [0.4, 0.5) is 0 Å². The third kappa shape index (κ3) is 14.6. The molecule has 0 amide bonds. The lowest BCUT2D eigenvalue weighted by Gasteiger charge is -1.99. The van der Waals surface area contributed by atoms with Gasteiger partial charge in [-0.1, -0.05) is 56.2 Å². The zero-order valence-electron chi connectivity index (χ0n) is 11.8. The number of aliphatic carboxylic acids is 1. The second-order valence-corrected chi connectivity index (χ2v) is 4.52. The minimum absolute atomic E-state index is 0.146. The number of hydrogen-bond acceptors (Lipinski definition) is 2. The van der Waals surface area contributed by atoms with Crippen LogP contribution < -0.4 is 0 Å². The highest BCUT2D eigenvalue weighted by Crippen LogP contribution is 2.02. The Labute approximate surface area is 116 Å². The van der Waals surface area contributed by atoms with Crippen molar-refractivity contribution in [1.82, 2.24) is 0 Å². The van der Waals surface area contributed by atoms with E-state index >= 15 is 0 Å². The highest BCUT2D eigenvalue weighted by molar-refractivity contribution is 5.66. The van der Waals surface area contributed by atoms with Crippen molar-refractivity contribution in [1.29, 1.82) is 0 Å². The van der Waals surface area contributed by atoms with Crippen LogP contribution >= 0.6 is 0 Å². The first-order chi connectivity index (χ1) is 9.16. The minimum Gasteiger partial charge on any atom is -0.481 e. The van der Waals surface area contributed by atoms with E-state index in [-0.39, 0.29) is 6.42 Å². The SMILES string of the molecule is CCCCC/C=C\C[C@H](O)/C=C/C=C\CCC(=O)O. The summed E-state index contributed by atoms with van der Waals surface area (Å²) in [7, 11) is 0. The summed E-state index contributed by atoms with van der Waals surface area (Å²) in [5.74, 6) is -0.790. The smallest absolute Gasteiger partial charge is 0.303 e. The number of allylic oxidation sites excluding steroid dienone is 4. The topological polar surface area (TPSA) is 57.5 Å². The summed E-state index contributed by atoms with van der Waals surface area (Å²) in [6.07, 6.45) is 16.8. The van der Waals surface area contributed by atoms with E-state index in [1.165, 1.54) is 19.3 Å². The molecule has 0 spiro atoms. The zero-order chi connectivity index (χ0) is 14.3. The van der Waals surface area contributed by atoms with Crippen molar-refractivity contribution in [2.45, 2.75) is 58.0 Å². The Balaban J connectivity index is 3.61. The van der Waals surface area contributed by atoms with E-state index in [4.69, 9.17) is 5.11 Å². The van der Waals surface area contributed by atoms with Gasteiger partial charge in [0.15, 0.2) is 0 Å². The molecule has 0 aromatic carbocycles. The number of carboxylic acids is 1. The molecule has 0 bridgehead atoms. The van der Waals surface area contributed by atoms with Crippen molar-refractivity contribution in [3.8, 4) is 0 Å². The average Bonchev–Trinajstić information content (AvgIpc) is 2.37. The molecule has 0 aliphatic carbocycles. The number of rotatable bonds is 11. The molecule has 0 aromatic heterocycles. The standard InChI is InChI=1S/C16H26O3/c1-2-3-4-5-6-9-12-15(17)13-10-7-8-11-14-16(18)19/h6-10,13,15,17H,2-5,11-12,14H2,1H3,(H,18,19)/b8-7-,9-6-,13-10+/t15-/m0/s1. The third-order valence-electron chi connectivity index (χ3n) is 2.62. The number of carboxylic acid groups (broad SMARTS) is 1. The van der Waals surface area contributed by atoms with E-state index in [1.807, 2.05) is 6.08 Å². The van der Waals surface area contributed by atoms with E-state index in [0.717, 1.165) is 6.42 Å². The molecule has 0 saturated carbocycles. The number of aliphatic hydroxyl groups excluding tert-OH is 1. The van der Waals surface area contributed by atoms with Crippen LogP contribution in [0.15, 0.2) is 36.5 Å². The van der Waals surface area contributed by atoms with Gasteiger partial charge in [0.1, 0.15) is 0 Å². The molecule has 0 heterocycles. The highest BCUT2D eigenvalue weighted by atomic mass is 16.4. The van der Waals surface area contributed by atoms with Crippen LogP contribution in [0.25, 0.3) is 0 Å². The molecule has 0 aliphatic rings. The summed E-state index contributed by atoms with van der Waals surface area (Å²) < 4.78 is 0. The first-order valence-electron chi connectivity index (χ1n) is 7.05. The van der Waals surface area contributed by atoms with Crippen molar-refractivity contribution >= 4 is 5.97 Å². The number of hydrogen-bond donors (Lipinski definition) is 2. The fourth-order valence-electron chi connectivity index (χ4n) is 1.52. The molecule has 3 heteroatoms. The Hall–Kier alpha value is -1.35. The molecule has 0 rings (SSSR count). The lowest BCUT2D eigenvalue weighted by atomic mass is 10.1. The summed E-state index contributed by atoms with van der Waals surface area (Å²) in [6.45, 7) is 2.18. The second kappa shape index (κ2) is 13.1. The van der Waals surface area contributed by atoms with Gasteiger partial charge in [-0.2, -0.15) is 0 Å². The molecule has 0 aromatic rings. The van der Waals surface area contributed by atoms with Crippen molar-refractivity contribution < 1.29 is 15.0 Å². The predicted octanol–water partition coefficient (Wildman–Crippen LogP) is 3.85. The Morgan fingerprint density at radius 1 is 1.11 bits per heavy atom. The quantitative estimate of drug-likeness (QED) is 0.339. The number of carbonyl (C=O) groups is 1. The molecule has 3 nitrogen and oxygen atoms in total. The van der Waals surface area contributed by atoms with Gasteiger partial charge in [-0.15, -0.1) is 0 Å². The van der Waals surface area contributed by atoms with Crippen LogP contribution in [-0.2, 0) is 4.79 Å². The van der Waals surface area contributed by atoms with Crippen LogP contribution in [0, 0.1) is 0 Å². The maximum absolute atomic E-state index is 10.3. The van der Waals surface area contributed by atoms with Gasteiger partial charge in [0.2, 0.25) is 0 Å². The minimum atomic E-state index is -0.790. The summed E-state index contributed by atoms with van der Waals surface area (Å²) >= 11 is 0. The molecule has 108 valence electrons. The number of aliphatic hydroxyl groups is 1. The van der Waals surface area contributed by atoms with Gasteiger partial charge in [-0.3, -0.25) is 4.79 Å². The maximum atomic E-state index is 10.3. The van der Waals surface area contributed by atoms with Gasteiger partial charge in [-0.25, -0.2) is 0 Å². The van der Waals surface area contributed by atoms with Crippen molar-refractivity contribution in [2.24, 2.45) is 0 Å². The molecule has 1 atom stereocenters. The summed E-state index contributed by atoms with van der Waals surface area (Å²) in [5, 5.41) is 18.1. The third-order valence-corrected chi connectivity index (χ3v) is 2.62. The van der Waals surface area contributed by atoms with Gasteiger partial charge in [0.25, 0.3) is 0 Å². The van der Waals surface area contributed by atoms with Gasteiger partial charge >= 0.3 is 5.97 Å². The van der Waals surface area contributed by atoms with Gasteiger partial charge in [0.05, 0.1) is 6.10 Å². The van der Waals surface area contributed by atoms with Gasteiger partial charge in [0, 0.05) is 6.42 Å². The Bertz CT molecular complexity index is 303. The molecule has 19 heavy (non-hydrogen) atoms. The maximum Gasteiger partial charge on any atom is 0.303 e. The monoisotopic (exact) mass is 266 g/mol. The molecule has 2 N–H and O–H groups in total. The van der Waals surface area contributed by atoms with Crippen molar-refractivity contribution in [3.05, 3.63) is 36.5 Å². The zero-order valence-corrected chi connectivity index (χ0v) is 11.8. The van der Waals surface area contributed by atoms with Crippen molar-refractivity contribution in [3.63, 3.8) is 0 Å². The van der Waals surface area contributed by atoms with Crippen LogP contribution in [-0.4, -0.2) is 22.3 Å². The van der Waals surface area contributed by atoms with E-state index in [1.54, 1.807) is 24.3 Å². The first-order valence-corrected chi connectivity index (χ1v) is 7.05. The summed E-state index contributed by atoms with van der Waals surface area (Å²) in [4.78, 5) is 10.3. The van der Waals surface area contributed by atoms with Gasteiger partial charge in [-0.05, 0) is 25.7 Å². The van der Waals surface area contributed by atoms with E-state index in [9.17, 15) is 9.90 Å². The summed E-state index contributed by atoms with van der Waals surface area (Å²) in [6, 6.07) is 0. The lowest BCUT2D eigenvalue weighted by Crippen LogP contribution is -1.98. The highest BCUT2D eigenvalue weighted by Gasteiger charge is 1.93. The summed E-state index contributed by atoms with van der Waals surface area (Å²) in [5.41, 5.74) is 0. The average molecular weight is 266 g/mol. The Morgan fingerprint density at radius 3 is 2.58 bits per heavy atom. The van der Waals surface area contributed by atoms with E-state index in [0.29, 0.717) is 12.8 Å². The van der Waals surface area contributed by atoms with E-state index in [2.05, 4.69) is 13.0 Å². The molecule has 0 fully saturated rings. The van der Waals surface area contributed by atoms with Crippen LogP contribution in [0.1, 0.15) is 51.9 Å². The lowest BCUT2D eigenvalue weighted by molar-refractivity contribution is -0.136. The molecule has 0 saturated heterocycles. The molecule has 0 unspecified atom stereocenters. The molecule has 0 radical (unpaired) electrons. The fraction of sp³-hybridized carbons (Fsp3) is 0.562. The first kappa shape index (κ1) is 17.6. The molecule has 0 aliphatic heterocycles.